The smallest absolute Gasteiger partial charge is 0.238 e. The van der Waals surface area contributed by atoms with E-state index in [9.17, 15) is 25.5 Å². The predicted octanol–water partition coefficient (Wildman–Crippen LogP) is 11.1. The molecular formula is C51H51NO8S4. The Morgan fingerprint density at radius 1 is 0.875 bits per heavy atom. The number of aliphatic hydroxyl groups is 2. The molecule has 6 aromatic rings. The van der Waals surface area contributed by atoms with Crippen LogP contribution < -0.4 is 15.5 Å². The van der Waals surface area contributed by atoms with Crippen molar-refractivity contribution in [2.45, 2.75) is 105 Å². The van der Waals surface area contributed by atoms with Crippen molar-refractivity contribution in [3.63, 3.8) is 0 Å². The van der Waals surface area contributed by atoms with Gasteiger partial charge >= 0.3 is 0 Å². The van der Waals surface area contributed by atoms with E-state index in [4.69, 9.17) is 9.15 Å². The highest BCUT2D eigenvalue weighted by Crippen LogP contribution is 2.59. The molecular weight excluding hydrogens is 883 g/mol. The summed E-state index contributed by atoms with van der Waals surface area (Å²) in [5.41, 5.74) is 7.01. The molecule has 11 rings (SSSR count). The maximum Gasteiger partial charge on any atom is 0.238 e. The molecule has 0 saturated carbocycles. The Bertz CT molecular complexity index is 2900. The monoisotopic (exact) mass is 933 g/mol. The van der Waals surface area contributed by atoms with Crippen LogP contribution in [-0.2, 0) is 18.6 Å². The van der Waals surface area contributed by atoms with Gasteiger partial charge in [0.1, 0.15) is 34.3 Å². The molecule has 5 aromatic carbocycles. The summed E-state index contributed by atoms with van der Waals surface area (Å²) in [7, 11) is 6.89. The standard InChI is InChI=1S/C51H51NO8S4/c1-24(2)17-28-20-32(34-23-62-63-39-12-5-15-52-44(39)27-9-3-7-25(18-27)19-31(34)45(28)55)49-48(58)47(57)43-38(60-49)22-36(54)42-29-14-13-26-8-4-10-30-40(26)41(29)33-21-37(59-50(42)43)35(53)11-6-16-61-64-51(30)46(33)56/h3-4,7-10,13-14,18,20,22,24,33,35,37,39,44,46,51-56,58H,5-6,11-12,15-17,19,21,23H2,1-2H3/t33-,35+,37+,39-,44-,46-,51+/m0/s1. The van der Waals surface area contributed by atoms with Gasteiger partial charge in [0, 0.05) is 52.3 Å². The van der Waals surface area contributed by atoms with Crippen molar-refractivity contribution in [1.82, 2.24) is 5.32 Å². The Morgan fingerprint density at radius 2 is 1.73 bits per heavy atom. The van der Waals surface area contributed by atoms with E-state index in [1.807, 2.05) is 35.1 Å². The van der Waals surface area contributed by atoms with E-state index < -0.39 is 35.4 Å². The van der Waals surface area contributed by atoms with Gasteiger partial charge in [-0.05, 0) is 107 Å². The number of aromatic hydroxyl groups is 3. The quantitative estimate of drug-likeness (QED) is 0.0935. The van der Waals surface area contributed by atoms with Crippen LogP contribution in [-0.4, -0.2) is 61.4 Å². The van der Waals surface area contributed by atoms with Gasteiger partial charge in [-0.15, -0.1) is 0 Å². The fraction of sp³-hybridized carbons (Fsp3) is 0.392. The van der Waals surface area contributed by atoms with E-state index in [2.05, 4.69) is 55.6 Å². The van der Waals surface area contributed by atoms with Crippen molar-refractivity contribution in [3.05, 3.63) is 116 Å². The molecule has 2 fully saturated rings. The van der Waals surface area contributed by atoms with Crippen LogP contribution in [0.4, 0.5) is 0 Å². The number of ether oxygens (including phenoxy) is 1. The lowest BCUT2D eigenvalue weighted by Crippen LogP contribution is -2.39. The minimum absolute atomic E-state index is 0.0232. The summed E-state index contributed by atoms with van der Waals surface area (Å²) < 4.78 is 13.6. The largest absolute Gasteiger partial charge is 0.507 e. The van der Waals surface area contributed by atoms with Gasteiger partial charge in [0.05, 0.1) is 23.0 Å². The number of phenols is 2. The Morgan fingerprint density at radius 3 is 2.59 bits per heavy atom. The third-order valence-electron chi connectivity index (χ3n) is 13.9. The van der Waals surface area contributed by atoms with Crippen LogP contribution in [0.3, 0.4) is 0 Å². The fourth-order valence-electron chi connectivity index (χ4n) is 11.0. The van der Waals surface area contributed by atoms with Crippen LogP contribution in [0.5, 0.6) is 23.0 Å². The van der Waals surface area contributed by atoms with Crippen LogP contribution in [0.25, 0.3) is 44.2 Å². The Balaban J connectivity index is 1.14. The predicted molar refractivity (Wildman–Crippen MR) is 262 cm³/mol. The zero-order chi connectivity index (χ0) is 44.0. The number of nitrogens with one attached hydrogen (secondary N) is 1. The Hall–Kier alpha value is -3.95. The second-order valence-electron chi connectivity index (χ2n) is 18.5. The van der Waals surface area contributed by atoms with Gasteiger partial charge in [0.2, 0.25) is 11.2 Å². The van der Waals surface area contributed by atoms with Crippen LogP contribution in [0.1, 0.15) is 102 Å². The summed E-state index contributed by atoms with van der Waals surface area (Å²) in [6.07, 6.45) is 1.95. The van der Waals surface area contributed by atoms with Crippen molar-refractivity contribution >= 4 is 64.9 Å². The molecule has 0 spiro atoms. The number of aliphatic hydroxyl groups excluding tert-OH is 2. The molecule has 9 nitrogen and oxygen atoms in total. The van der Waals surface area contributed by atoms with Crippen molar-refractivity contribution in [2.24, 2.45) is 5.92 Å². The molecule has 1 aliphatic carbocycles. The lowest BCUT2D eigenvalue weighted by atomic mass is 9.72. The lowest BCUT2D eigenvalue weighted by Gasteiger charge is -2.41. The highest BCUT2D eigenvalue weighted by Gasteiger charge is 2.44. The minimum atomic E-state index is -0.943. The van der Waals surface area contributed by atoms with Crippen molar-refractivity contribution in [2.75, 3.05) is 12.3 Å². The van der Waals surface area contributed by atoms with Gasteiger partial charge in [-0.25, -0.2) is 0 Å². The normalized spacial score (nSPS) is 25.4. The maximum atomic E-state index is 15.1. The van der Waals surface area contributed by atoms with Gasteiger partial charge in [0.15, 0.2) is 5.76 Å². The second kappa shape index (κ2) is 17.0. The average molecular weight is 934 g/mol. The topological polar surface area (TPSA) is 153 Å². The molecule has 5 aliphatic rings. The fourth-order valence-corrected chi connectivity index (χ4v) is 16.9. The molecule has 0 unspecified atom stereocenters. The van der Waals surface area contributed by atoms with Gasteiger partial charge in [0.25, 0.3) is 0 Å². The summed E-state index contributed by atoms with van der Waals surface area (Å²) in [5, 5.41) is 66.6. The van der Waals surface area contributed by atoms with Gasteiger partial charge in [-0.3, -0.25) is 4.79 Å². The summed E-state index contributed by atoms with van der Waals surface area (Å²) in [6, 6.07) is 22.1. The van der Waals surface area contributed by atoms with Crippen molar-refractivity contribution in [3.8, 4) is 45.4 Å². The number of hydrogen-bond donors (Lipinski definition) is 6. The summed E-state index contributed by atoms with van der Waals surface area (Å²) in [6.45, 7) is 5.13. The van der Waals surface area contributed by atoms with E-state index in [1.165, 1.54) is 11.6 Å². The van der Waals surface area contributed by atoms with E-state index in [-0.39, 0.29) is 63.2 Å². The minimum Gasteiger partial charge on any atom is -0.507 e. The zero-order valence-electron chi connectivity index (χ0n) is 35.6. The molecule has 2 saturated heterocycles. The van der Waals surface area contributed by atoms with Crippen LogP contribution in [0.2, 0.25) is 0 Å². The summed E-state index contributed by atoms with van der Waals surface area (Å²) in [5.74, 6) is 0.403. The molecule has 4 aliphatic heterocycles. The number of piperidine rings is 1. The summed E-state index contributed by atoms with van der Waals surface area (Å²) >= 11 is 0. The molecule has 332 valence electrons. The zero-order valence-corrected chi connectivity index (χ0v) is 38.9. The number of fused-ring (bicyclic) bond motifs is 12. The first-order chi connectivity index (χ1) is 31.0. The summed E-state index contributed by atoms with van der Waals surface area (Å²) in [4.78, 5) is 15.1. The second-order valence-corrected chi connectivity index (χ2v) is 23.7. The molecule has 5 bridgehead atoms. The molecule has 7 atom stereocenters. The molecule has 5 heterocycles. The maximum absolute atomic E-state index is 15.1. The lowest BCUT2D eigenvalue weighted by molar-refractivity contribution is 0.00976. The first-order valence-corrected chi connectivity index (χ1v) is 27.2. The number of benzene rings is 5. The van der Waals surface area contributed by atoms with E-state index in [0.29, 0.717) is 53.4 Å². The first kappa shape index (κ1) is 42.7. The van der Waals surface area contributed by atoms with Gasteiger partial charge in [-0.1, -0.05) is 112 Å². The number of hydrogen-bond acceptors (Lipinski definition) is 13. The number of phenolic OH excluding ortho intramolecular Hbond substituents is 2. The molecule has 13 heteroatoms. The van der Waals surface area contributed by atoms with Crippen LogP contribution in [0.15, 0.2) is 75.9 Å². The van der Waals surface area contributed by atoms with Crippen LogP contribution >= 0.6 is 43.2 Å². The molecule has 6 N–H and O–H groups in total. The molecule has 0 amide bonds. The highest BCUT2D eigenvalue weighted by molar-refractivity contribution is 8.77. The van der Waals surface area contributed by atoms with Crippen molar-refractivity contribution < 1.29 is 34.7 Å². The third-order valence-corrected chi connectivity index (χ3v) is 19.6. The van der Waals surface area contributed by atoms with E-state index in [1.54, 1.807) is 32.4 Å². The number of rotatable bonds is 3. The SMILES string of the molecule is CC(C)Cc1cc(-c2oc3cc(O)c4c(c3c(=O)c2O)O[C@@H]2C[C@H]3c5c-4ccc4cccc(c54)[C@@H](SSCCC[C@H]2O)[C@H]3O)c2c(c1O)Cc1cccc(c1)[C@@H]1NCCC[C@@H]1SSC2. The Labute approximate surface area is 387 Å². The third kappa shape index (κ3) is 7.19. The average Bonchev–Trinajstić information content (AvgIpc) is 3.31. The highest BCUT2D eigenvalue weighted by atomic mass is 33.1. The molecule has 1 aromatic heterocycles. The van der Waals surface area contributed by atoms with Gasteiger partial charge < -0.3 is 40.0 Å². The van der Waals surface area contributed by atoms with Crippen LogP contribution in [0, 0.1) is 5.92 Å². The van der Waals surface area contributed by atoms with Crippen molar-refractivity contribution in [1.29, 1.82) is 0 Å². The van der Waals surface area contributed by atoms with E-state index in [0.717, 1.165) is 63.7 Å². The van der Waals surface area contributed by atoms with Gasteiger partial charge in [-0.2, -0.15) is 0 Å². The Kier molecular flexibility index (Phi) is 11.4. The van der Waals surface area contributed by atoms with E-state index >= 15 is 4.79 Å². The molecule has 0 radical (unpaired) electrons. The molecule has 64 heavy (non-hydrogen) atoms. The first-order valence-electron chi connectivity index (χ1n) is 22.5.